The molecule has 38 heavy (non-hydrogen) atoms. The molecule has 4 rings (SSSR count). The number of piperidine rings is 1. The molecule has 2 aromatic rings. The van der Waals surface area contributed by atoms with Crippen molar-refractivity contribution in [2.75, 3.05) is 37.8 Å². The monoisotopic (exact) mass is 534 g/mol. The minimum Gasteiger partial charge on any atom is -0.481 e. The zero-order valence-corrected chi connectivity index (χ0v) is 21.5. The zero-order valence-electron chi connectivity index (χ0n) is 21.5. The average Bonchev–Trinajstić information content (AvgIpc) is 2.88. The number of carboxylic acids is 1. The summed E-state index contributed by atoms with van der Waals surface area (Å²) in [6.07, 6.45) is 0.0508. The van der Waals surface area contributed by atoms with Crippen molar-refractivity contribution in [2.45, 2.75) is 56.8 Å². The van der Waals surface area contributed by atoms with Crippen LogP contribution in [-0.4, -0.2) is 76.0 Å². The van der Waals surface area contributed by atoms with Crippen LogP contribution in [0.25, 0.3) is 0 Å². The highest BCUT2D eigenvalue weighted by molar-refractivity contribution is 5.94. The maximum Gasteiger partial charge on any atom is 0.421 e. The van der Waals surface area contributed by atoms with Crippen LogP contribution >= 0.6 is 0 Å². The van der Waals surface area contributed by atoms with Crippen LogP contribution in [0.4, 0.5) is 30.6 Å². The van der Waals surface area contributed by atoms with Gasteiger partial charge in [0, 0.05) is 36.6 Å². The lowest BCUT2D eigenvalue weighted by Crippen LogP contribution is -2.44. The Balaban J connectivity index is 1.48. The van der Waals surface area contributed by atoms with Gasteiger partial charge in [-0.25, -0.2) is 4.98 Å². The number of carbonyl (C=O) groups excluding carboxylic acids is 1. The molecule has 1 aliphatic carbocycles. The number of hydrogen-bond acceptors (Lipinski definition) is 7. The van der Waals surface area contributed by atoms with Gasteiger partial charge in [0.25, 0.3) is 5.91 Å². The topological polar surface area (TPSA) is 111 Å². The van der Waals surface area contributed by atoms with Crippen molar-refractivity contribution in [1.82, 2.24) is 19.8 Å². The zero-order chi connectivity index (χ0) is 27.4. The van der Waals surface area contributed by atoms with Crippen LogP contribution in [0.15, 0.2) is 30.5 Å². The van der Waals surface area contributed by atoms with Gasteiger partial charge in [0.1, 0.15) is 11.4 Å². The number of nitrogens with zero attached hydrogens (tertiary/aromatic N) is 4. The van der Waals surface area contributed by atoms with E-state index in [4.69, 9.17) is 0 Å². The van der Waals surface area contributed by atoms with Gasteiger partial charge in [-0.05, 0) is 70.1 Å². The highest BCUT2D eigenvalue weighted by Gasteiger charge is 2.38. The van der Waals surface area contributed by atoms with Gasteiger partial charge >= 0.3 is 12.1 Å². The Labute approximate surface area is 219 Å². The molecule has 2 aliphatic rings. The molecule has 2 heterocycles. The van der Waals surface area contributed by atoms with E-state index in [2.05, 4.69) is 32.5 Å². The van der Waals surface area contributed by atoms with E-state index >= 15 is 0 Å². The Morgan fingerprint density at radius 2 is 1.74 bits per heavy atom. The molecular weight excluding hydrogens is 501 g/mol. The lowest BCUT2D eigenvalue weighted by atomic mass is 9.84. The van der Waals surface area contributed by atoms with E-state index in [1.807, 2.05) is 0 Å². The molecule has 0 spiro atoms. The Hall–Kier alpha value is -3.41. The lowest BCUT2D eigenvalue weighted by Gasteiger charge is -2.35. The summed E-state index contributed by atoms with van der Waals surface area (Å²) in [5, 5.41) is 15.1. The number of carboxylic acid groups (broad SMARTS) is 1. The molecule has 1 aromatic heterocycles. The molecule has 1 aliphatic heterocycles. The summed E-state index contributed by atoms with van der Waals surface area (Å²) in [7, 11) is 3.86. The molecule has 3 N–H and O–H groups in total. The molecule has 12 heteroatoms. The number of aliphatic carboxylic acids is 1. The summed E-state index contributed by atoms with van der Waals surface area (Å²) in [4.78, 5) is 36.4. The maximum atomic E-state index is 13.7. The third kappa shape index (κ3) is 6.53. The van der Waals surface area contributed by atoms with Crippen LogP contribution < -0.4 is 10.6 Å². The summed E-state index contributed by atoms with van der Waals surface area (Å²) < 4.78 is 41.0. The highest BCUT2D eigenvalue weighted by atomic mass is 19.4. The number of rotatable bonds is 7. The number of aromatic nitrogens is 2. The van der Waals surface area contributed by atoms with Crippen molar-refractivity contribution < 1.29 is 27.9 Å². The van der Waals surface area contributed by atoms with Gasteiger partial charge in [0.15, 0.2) is 0 Å². The van der Waals surface area contributed by atoms with E-state index < -0.39 is 35.5 Å². The Bertz CT molecular complexity index is 1140. The van der Waals surface area contributed by atoms with Crippen LogP contribution in [-0.2, 0) is 11.0 Å². The summed E-state index contributed by atoms with van der Waals surface area (Å²) in [5.74, 6) is -2.47. The normalized spacial score (nSPS) is 21.1. The number of likely N-dealkylation sites (tertiary alicyclic amines) is 1. The van der Waals surface area contributed by atoms with Crippen LogP contribution in [0.5, 0.6) is 0 Å². The molecule has 1 saturated heterocycles. The van der Waals surface area contributed by atoms with E-state index in [0.717, 1.165) is 32.4 Å². The highest BCUT2D eigenvalue weighted by Crippen LogP contribution is 2.36. The number of carbonyl (C=O) groups is 2. The fraction of sp³-hybridized carbons (Fsp3) is 0.538. The Kier molecular flexibility index (Phi) is 8.39. The third-order valence-electron chi connectivity index (χ3n) is 7.44. The number of amides is 1. The quantitative estimate of drug-likeness (QED) is 0.478. The largest absolute Gasteiger partial charge is 0.481 e. The van der Waals surface area contributed by atoms with Gasteiger partial charge in [-0.15, -0.1) is 0 Å². The fourth-order valence-corrected chi connectivity index (χ4v) is 5.11. The lowest BCUT2D eigenvalue weighted by molar-refractivity contribution is -0.143. The Morgan fingerprint density at radius 3 is 2.37 bits per heavy atom. The molecule has 0 unspecified atom stereocenters. The van der Waals surface area contributed by atoms with Crippen molar-refractivity contribution in [3.05, 3.63) is 41.6 Å². The van der Waals surface area contributed by atoms with Gasteiger partial charge in [-0.3, -0.25) is 9.59 Å². The van der Waals surface area contributed by atoms with E-state index in [9.17, 15) is 27.9 Å². The van der Waals surface area contributed by atoms with Crippen molar-refractivity contribution in [1.29, 1.82) is 0 Å². The first-order chi connectivity index (χ1) is 18.0. The first-order valence-corrected chi connectivity index (χ1v) is 12.8. The SMILES string of the molecule is CN1CCC(N(C)C(=O)c2ccc(Nc3ncc(C(F)(F)F)c(N[C@@H]4CCCC[C@@H]4C(=O)O)n3)cc2)CC1. The van der Waals surface area contributed by atoms with Crippen LogP contribution in [0.3, 0.4) is 0 Å². The average molecular weight is 535 g/mol. The van der Waals surface area contributed by atoms with Crippen molar-refractivity contribution in [3.8, 4) is 0 Å². The molecule has 2 atom stereocenters. The van der Waals surface area contributed by atoms with E-state index in [-0.39, 0.29) is 17.9 Å². The molecule has 1 aromatic carbocycles. The number of hydrogen-bond donors (Lipinski definition) is 3. The third-order valence-corrected chi connectivity index (χ3v) is 7.44. The van der Waals surface area contributed by atoms with E-state index in [0.29, 0.717) is 36.7 Å². The van der Waals surface area contributed by atoms with Crippen molar-refractivity contribution >= 4 is 29.3 Å². The van der Waals surface area contributed by atoms with Crippen LogP contribution in [0, 0.1) is 5.92 Å². The van der Waals surface area contributed by atoms with Crippen LogP contribution in [0.2, 0.25) is 0 Å². The first kappa shape index (κ1) is 27.6. The second-order valence-corrected chi connectivity index (χ2v) is 10.1. The van der Waals surface area contributed by atoms with Gasteiger partial charge in [-0.2, -0.15) is 18.2 Å². The molecule has 1 saturated carbocycles. The second kappa shape index (κ2) is 11.5. The molecule has 206 valence electrons. The predicted octanol–water partition coefficient (Wildman–Crippen LogP) is 4.46. The van der Waals surface area contributed by atoms with E-state index in [1.54, 1.807) is 36.2 Å². The van der Waals surface area contributed by atoms with Gasteiger partial charge in [-0.1, -0.05) is 12.8 Å². The maximum absolute atomic E-state index is 13.7. The first-order valence-electron chi connectivity index (χ1n) is 12.8. The van der Waals surface area contributed by atoms with Crippen LogP contribution in [0.1, 0.15) is 54.4 Å². The molecule has 2 fully saturated rings. The summed E-state index contributed by atoms with van der Waals surface area (Å²) in [6.45, 7) is 1.87. The number of halogens is 3. The van der Waals surface area contributed by atoms with Crippen molar-refractivity contribution in [3.63, 3.8) is 0 Å². The fourth-order valence-electron chi connectivity index (χ4n) is 5.11. The second-order valence-electron chi connectivity index (χ2n) is 10.1. The summed E-state index contributed by atoms with van der Waals surface area (Å²) >= 11 is 0. The number of anilines is 3. The predicted molar refractivity (Wildman–Crippen MR) is 136 cm³/mol. The smallest absolute Gasteiger partial charge is 0.421 e. The van der Waals surface area contributed by atoms with Crippen molar-refractivity contribution in [2.24, 2.45) is 5.92 Å². The Morgan fingerprint density at radius 1 is 1.08 bits per heavy atom. The number of benzene rings is 1. The standard InChI is InChI=1S/C26H33F3N6O3/c1-34-13-11-18(12-14-34)35(2)23(36)16-7-9-17(10-8-16)31-25-30-15-20(26(27,28)29)22(33-25)32-21-6-4-3-5-19(21)24(37)38/h7-10,15,18-19,21H,3-6,11-14H2,1-2H3,(H,37,38)(H2,30,31,32,33)/t19-,21+/m0/s1. The molecule has 9 nitrogen and oxygen atoms in total. The van der Waals surface area contributed by atoms with Gasteiger partial charge in [0.05, 0.1) is 5.92 Å². The number of nitrogens with one attached hydrogen (secondary N) is 2. The molecular formula is C26H33F3N6O3. The summed E-state index contributed by atoms with van der Waals surface area (Å²) in [6, 6.07) is 6.10. The molecule has 0 bridgehead atoms. The molecule has 1 amide bonds. The van der Waals surface area contributed by atoms with E-state index in [1.165, 1.54) is 0 Å². The summed E-state index contributed by atoms with van der Waals surface area (Å²) in [5.41, 5.74) is -0.0596. The molecule has 0 radical (unpaired) electrons. The van der Waals surface area contributed by atoms with Gasteiger partial charge in [0.2, 0.25) is 5.95 Å². The number of alkyl halides is 3. The van der Waals surface area contributed by atoms with Gasteiger partial charge < -0.3 is 25.5 Å². The minimum atomic E-state index is -4.71. The minimum absolute atomic E-state index is 0.0781.